The molecule has 2 aromatic carbocycles. The van der Waals surface area contributed by atoms with Crippen LogP contribution in [0, 0.1) is 0 Å². The van der Waals surface area contributed by atoms with E-state index in [0.717, 1.165) is 24.2 Å². The molecule has 0 aliphatic heterocycles. The topological polar surface area (TPSA) is 52.6 Å². The summed E-state index contributed by atoms with van der Waals surface area (Å²) in [6, 6.07) is 14.2. The quantitative estimate of drug-likeness (QED) is 0.0645. The molecule has 0 spiro atoms. The molecule has 4 heteroatoms. The molecule has 0 radical (unpaired) electrons. The third-order valence-electron chi connectivity index (χ3n) is 6.40. The van der Waals surface area contributed by atoms with E-state index in [9.17, 15) is 9.59 Å². The van der Waals surface area contributed by atoms with E-state index in [4.69, 9.17) is 9.47 Å². The molecule has 4 nitrogen and oxygen atoms in total. The highest BCUT2D eigenvalue weighted by molar-refractivity contribution is 6.06. The largest absolute Gasteiger partial charge is 0.497 e. The number of carbonyl (C=O) groups excluding carboxylic acids is 2. The van der Waals surface area contributed by atoms with Crippen molar-refractivity contribution in [2.75, 3.05) is 7.11 Å². The Hall–Kier alpha value is -2.88. The molecule has 2 rings (SSSR count). The number of esters is 1. The van der Waals surface area contributed by atoms with Crippen LogP contribution in [0.4, 0.5) is 0 Å². The van der Waals surface area contributed by atoms with E-state index in [2.05, 4.69) is 6.92 Å². The Morgan fingerprint density at radius 2 is 1.17 bits per heavy atom. The number of ketones is 1. The number of rotatable bonds is 19. The minimum absolute atomic E-state index is 0.101. The summed E-state index contributed by atoms with van der Waals surface area (Å²) >= 11 is 0. The zero-order valence-corrected chi connectivity index (χ0v) is 22.3. The third kappa shape index (κ3) is 12.7. The van der Waals surface area contributed by atoms with Crippen LogP contribution in [0.25, 0.3) is 6.08 Å². The van der Waals surface area contributed by atoms with Crippen LogP contribution in [0.3, 0.4) is 0 Å². The predicted molar refractivity (Wildman–Crippen MR) is 149 cm³/mol. The van der Waals surface area contributed by atoms with Gasteiger partial charge in [-0.05, 0) is 54.5 Å². The smallest absolute Gasteiger partial charge is 0.311 e. The number of carbonyl (C=O) groups is 2. The molecule has 36 heavy (non-hydrogen) atoms. The minimum Gasteiger partial charge on any atom is -0.497 e. The fourth-order valence-electron chi connectivity index (χ4n) is 4.14. The first kappa shape index (κ1) is 29.4. The van der Waals surface area contributed by atoms with Crippen LogP contribution in [0.1, 0.15) is 113 Å². The van der Waals surface area contributed by atoms with Crippen molar-refractivity contribution >= 4 is 17.8 Å². The monoisotopic (exact) mass is 492 g/mol. The zero-order chi connectivity index (χ0) is 25.8. The molecule has 0 heterocycles. The molecular formula is C32H44O4. The molecule has 0 aliphatic rings. The fourth-order valence-corrected chi connectivity index (χ4v) is 4.14. The highest BCUT2D eigenvalue weighted by Crippen LogP contribution is 2.17. The first-order chi connectivity index (χ1) is 17.6. The lowest BCUT2D eigenvalue weighted by Crippen LogP contribution is -2.07. The molecule has 0 unspecified atom stereocenters. The number of unbranched alkanes of at least 4 members (excludes halogenated alkanes) is 12. The van der Waals surface area contributed by atoms with Gasteiger partial charge < -0.3 is 9.47 Å². The first-order valence-corrected chi connectivity index (χ1v) is 13.8. The second-order valence-electron chi connectivity index (χ2n) is 9.46. The summed E-state index contributed by atoms with van der Waals surface area (Å²) in [4.78, 5) is 24.5. The fraction of sp³-hybridized carbons (Fsp3) is 0.500. The average molecular weight is 493 g/mol. The summed E-state index contributed by atoms with van der Waals surface area (Å²) in [6.07, 6.45) is 20.4. The molecule has 0 atom stereocenters. The molecule has 0 saturated heterocycles. The van der Waals surface area contributed by atoms with E-state index < -0.39 is 0 Å². The van der Waals surface area contributed by atoms with Crippen LogP contribution in [0.2, 0.25) is 0 Å². The summed E-state index contributed by atoms with van der Waals surface area (Å²) in [5, 5.41) is 0. The van der Waals surface area contributed by atoms with Gasteiger partial charge >= 0.3 is 5.97 Å². The maximum absolute atomic E-state index is 12.4. The van der Waals surface area contributed by atoms with Crippen molar-refractivity contribution in [3.05, 3.63) is 65.7 Å². The molecule has 2 aromatic rings. The Balaban J connectivity index is 1.55. The number of methoxy groups -OCH3 is 1. The van der Waals surface area contributed by atoms with Gasteiger partial charge in [0.25, 0.3) is 0 Å². The Bertz CT molecular complexity index is 897. The van der Waals surface area contributed by atoms with Gasteiger partial charge in [-0.2, -0.15) is 0 Å². The van der Waals surface area contributed by atoms with E-state index >= 15 is 0 Å². The zero-order valence-electron chi connectivity index (χ0n) is 22.3. The standard InChI is InChI=1S/C32H44O4/c1-3-4-5-6-7-8-9-10-11-12-13-14-15-16-32(34)36-30-24-20-28(21-25-30)31(33)26-19-27-17-22-29(35-2)23-18-27/h17-26H,3-16H2,1-2H3. The van der Waals surface area contributed by atoms with Crippen molar-refractivity contribution in [3.63, 3.8) is 0 Å². The summed E-state index contributed by atoms with van der Waals surface area (Å²) in [5.41, 5.74) is 1.47. The van der Waals surface area contributed by atoms with Crippen LogP contribution in [-0.2, 0) is 4.79 Å². The lowest BCUT2D eigenvalue weighted by molar-refractivity contribution is -0.134. The maximum Gasteiger partial charge on any atom is 0.311 e. The van der Waals surface area contributed by atoms with Gasteiger partial charge in [0.2, 0.25) is 0 Å². The van der Waals surface area contributed by atoms with Crippen LogP contribution >= 0.6 is 0 Å². The van der Waals surface area contributed by atoms with Crippen molar-refractivity contribution in [1.29, 1.82) is 0 Å². The van der Waals surface area contributed by atoms with Crippen molar-refractivity contribution in [2.24, 2.45) is 0 Å². The van der Waals surface area contributed by atoms with Crippen molar-refractivity contribution in [2.45, 2.75) is 96.8 Å². The molecule has 0 fully saturated rings. The average Bonchev–Trinajstić information content (AvgIpc) is 2.90. The maximum atomic E-state index is 12.4. The molecule has 0 amide bonds. The Kier molecular flexibility index (Phi) is 15.0. The minimum atomic E-state index is -0.212. The molecule has 0 aliphatic carbocycles. The van der Waals surface area contributed by atoms with E-state index in [-0.39, 0.29) is 11.8 Å². The molecule has 0 N–H and O–H groups in total. The summed E-state index contributed by atoms with van der Waals surface area (Å²) in [7, 11) is 1.62. The number of hydrogen-bond acceptors (Lipinski definition) is 4. The lowest BCUT2D eigenvalue weighted by Gasteiger charge is -2.05. The number of benzene rings is 2. The number of ether oxygens (including phenoxy) is 2. The van der Waals surface area contributed by atoms with Gasteiger partial charge in [0.15, 0.2) is 5.78 Å². The van der Waals surface area contributed by atoms with Gasteiger partial charge in [-0.1, -0.05) is 102 Å². The van der Waals surface area contributed by atoms with Gasteiger partial charge in [-0.15, -0.1) is 0 Å². The molecule has 196 valence electrons. The van der Waals surface area contributed by atoms with Crippen molar-refractivity contribution < 1.29 is 19.1 Å². The van der Waals surface area contributed by atoms with E-state index in [0.29, 0.717) is 17.7 Å². The van der Waals surface area contributed by atoms with Crippen molar-refractivity contribution in [3.8, 4) is 11.5 Å². The predicted octanol–water partition coefficient (Wildman–Crippen LogP) is 8.98. The normalized spacial score (nSPS) is 11.1. The molecule has 0 aromatic heterocycles. The highest BCUT2D eigenvalue weighted by atomic mass is 16.5. The van der Waals surface area contributed by atoms with Gasteiger partial charge in [0.05, 0.1) is 7.11 Å². The van der Waals surface area contributed by atoms with E-state index in [1.54, 1.807) is 37.5 Å². The highest BCUT2D eigenvalue weighted by Gasteiger charge is 2.07. The first-order valence-electron chi connectivity index (χ1n) is 13.8. The van der Waals surface area contributed by atoms with E-state index in [1.807, 2.05) is 24.3 Å². The molecule has 0 bridgehead atoms. The SMILES string of the molecule is CCCCCCCCCCCCCCCC(=O)Oc1ccc(C(=O)C=Cc2ccc(OC)cc2)cc1. The van der Waals surface area contributed by atoms with Crippen LogP contribution in [0.15, 0.2) is 54.6 Å². The third-order valence-corrected chi connectivity index (χ3v) is 6.40. The summed E-state index contributed by atoms with van der Waals surface area (Å²) in [6.45, 7) is 2.26. The van der Waals surface area contributed by atoms with Gasteiger partial charge in [-0.25, -0.2) is 0 Å². The van der Waals surface area contributed by atoms with E-state index in [1.165, 1.54) is 76.7 Å². The van der Waals surface area contributed by atoms with Crippen LogP contribution in [0.5, 0.6) is 11.5 Å². The van der Waals surface area contributed by atoms with Gasteiger partial charge in [0.1, 0.15) is 11.5 Å². The summed E-state index contributed by atoms with van der Waals surface area (Å²) < 4.78 is 10.6. The number of hydrogen-bond donors (Lipinski definition) is 0. The van der Waals surface area contributed by atoms with Gasteiger partial charge in [-0.3, -0.25) is 9.59 Å². The Morgan fingerprint density at radius 3 is 1.69 bits per heavy atom. The number of allylic oxidation sites excluding steroid dienone is 1. The lowest BCUT2D eigenvalue weighted by atomic mass is 10.0. The summed E-state index contributed by atoms with van der Waals surface area (Å²) in [5.74, 6) is 0.940. The molecular weight excluding hydrogens is 448 g/mol. The van der Waals surface area contributed by atoms with Gasteiger partial charge in [0, 0.05) is 12.0 Å². The Morgan fingerprint density at radius 1 is 0.667 bits per heavy atom. The Labute approximate surface area is 218 Å². The second-order valence-corrected chi connectivity index (χ2v) is 9.46. The van der Waals surface area contributed by atoms with Crippen molar-refractivity contribution in [1.82, 2.24) is 0 Å². The second kappa shape index (κ2) is 18.4. The van der Waals surface area contributed by atoms with Crippen LogP contribution < -0.4 is 9.47 Å². The van der Waals surface area contributed by atoms with Crippen LogP contribution in [-0.4, -0.2) is 18.9 Å². The molecule has 0 saturated carbocycles.